The Labute approximate surface area is 260 Å². The predicted molar refractivity (Wildman–Crippen MR) is 175 cm³/mol. The lowest BCUT2D eigenvalue weighted by Crippen LogP contribution is -2.64. The molecule has 0 amide bonds. The molecule has 1 aliphatic heterocycles. The summed E-state index contributed by atoms with van der Waals surface area (Å²) in [5.74, 6) is 15.1. The van der Waals surface area contributed by atoms with Gasteiger partial charge in [-0.2, -0.15) is 0 Å². The van der Waals surface area contributed by atoms with Gasteiger partial charge in [-0.1, -0.05) is 65.2 Å². The molecule has 42 heavy (non-hydrogen) atoms. The van der Waals surface area contributed by atoms with Gasteiger partial charge >= 0.3 is 0 Å². The summed E-state index contributed by atoms with van der Waals surface area (Å²) in [6.07, 6.45) is 34.5. The van der Waals surface area contributed by atoms with Gasteiger partial charge in [-0.15, -0.1) is 0 Å². The van der Waals surface area contributed by atoms with E-state index in [1.165, 1.54) is 32.1 Å². The first kappa shape index (κ1) is 28.2. The lowest BCUT2D eigenvalue weighted by Gasteiger charge is -2.60. The lowest BCUT2D eigenvalue weighted by molar-refractivity contribution is -0.0828. The zero-order valence-electron chi connectivity index (χ0n) is 27.8. The smallest absolute Gasteiger partial charge is 0.0129 e. The zero-order chi connectivity index (χ0) is 28.0. The first-order valence-corrected chi connectivity index (χ1v) is 20.4. The summed E-state index contributed by atoms with van der Waals surface area (Å²) in [6, 6.07) is 1.73. The molecule has 8 aliphatic carbocycles. The van der Waals surface area contributed by atoms with Crippen LogP contribution in [0.25, 0.3) is 0 Å². The van der Waals surface area contributed by atoms with E-state index in [2.05, 4.69) is 19.2 Å². The number of hydrogen-bond donors (Lipinski definition) is 1. The van der Waals surface area contributed by atoms with Crippen LogP contribution >= 0.6 is 0 Å². The molecule has 9 rings (SSSR count). The Morgan fingerprint density at radius 1 is 0.429 bits per heavy atom. The Bertz CT molecular complexity index is 960. The fourth-order valence-corrected chi connectivity index (χ4v) is 16.5. The first-order valence-electron chi connectivity index (χ1n) is 20.4. The van der Waals surface area contributed by atoms with Crippen molar-refractivity contribution in [2.24, 2.45) is 88.3 Å². The van der Waals surface area contributed by atoms with Crippen molar-refractivity contribution in [1.82, 2.24) is 5.32 Å². The monoisotopic (exact) mass is 574 g/mol. The number of hydrogen-bond acceptors (Lipinski definition) is 1. The highest BCUT2D eigenvalue weighted by Crippen LogP contribution is 2.68. The largest absolute Gasteiger partial charge is 0.310 e. The van der Waals surface area contributed by atoms with E-state index in [-0.39, 0.29) is 0 Å². The molecule has 0 aromatic rings. The van der Waals surface area contributed by atoms with Crippen molar-refractivity contribution in [3.63, 3.8) is 0 Å². The van der Waals surface area contributed by atoms with Crippen LogP contribution in [-0.4, -0.2) is 12.1 Å². The second-order valence-electron chi connectivity index (χ2n) is 19.2. The molecule has 1 nitrogen and oxygen atoms in total. The van der Waals surface area contributed by atoms with Gasteiger partial charge in [0.1, 0.15) is 0 Å². The first-order chi connectivity index (χ1) is 20.6. The van der Waals surface area contributed by atoms with Gasteiger partial charge in [-0.3, -0.25) is 0 Å². The lowest BCUT2D eigenvalue weighted by atomic mass is 9.50. The third-order valence-electron chi connectivity index (χ3n) is 17.8. The molecule has 0 spiro atoms. The van der Waals surface area contributed by atoms with Crippen LogP contribution in [-0.2, 0) is 0 Å². The Morgan fingerprint density at radius 2 is 1.05 bits per heavy atom. The highest BCUT2D eigenvalue weighted by molar-refractivity contribution is 5.14. The maximum Gasteiger partial charge on any atom is 0.0129 e. The van der Waals surface area contributed by atoms with Gasteiger partial charge in [0.15, 0.2) is 0 Å². The van der Waals surface area contributed by atoms with Crippen molar-refractivity contribution in [1.29, 1.82) is 0 Å². The van der Waals surface area contributed by atoms with E-state index in [4.69, 9.17) is 0 Å². The van der Waals surface area contributed by atoms with Crippen LogP contribution in [0.5, 0.6) is 0 Å². The molecule has 0 aromatic heterocycles. The highest BCUT2D eigenvalue weighted by Gasteiger charge is 2.64. The Morgan fingerprint density at radius 3 is 1.90 bits per heavy atom. The number of fused-ring (bicyclic) bond motifs is 10. The van der Waals surface area contributed by atoms with Crippen molar-refractivity contribution in [2.45, 2.75) is 167 Å². The Kier molecular flexibility index (Phi) is 7.42. The molecular weight excluding hydrogens is 506 g/mol. The predicted octanol–water partition coefficient (Wildman–Crippen LogP) is 10.7. The minimum atomic E-state index is 0.594. The van der Waals surface area contributed by atoms with Crippen LogP contribution in [0.2, 0.25) is 0 Å². The average Bonchev–Trinajstić information content (AvgIpc) is 3.53. The molecule has 9 fully saturated rings. The molecule has 1 heteroatoms. The minimum Gasteiger partial charge on any atom is -0.310 e. The van der Waals surface area contributed by atoms with E-state index in [1.54, 1.807) is 109 Å². The van der Waals surface area contributed by atoms with Crippen LogP contribution in [0, 0.1) is 88.3 Å². The maximum absolute atomic E-state index is 4.56. The molecule has 9 aliphatic rings. The fourth-order valence-electron chi connectivity index (χ4n) is 16.5. The van der Waals surface area contributed by atoms with Gasteiger partial charge in [-0.05, 0) is 178 Å². The SMILES string of the molecule is CC1(C)C2C(CCC3C(C4CCC(C5CCCC6C7CCCCC7CC56)CC4)NC4CCCCC4C32)C2CCCC[C@H]21. The van der Waals surface area contributed by atoms with Gasteiger partial charge in [0.05, 0.1) is 0 Å². The number of piperidine rings is 1. The minimum absolute atomic E-state index is 0.594. The maximum atomic E-state index is 4.56. The molecule has 1 N–H and O–H groups in total. The van der Waals surface area contributed by atoms with E-state index in [1.807, 2.05) is 0 Å². The molecule has 1 heterocycles. The molecule has 0 aromatic carbocycles. The van der Waals surface area contributed by atoms with E-state index in [0.717, 1.165) is 94.9 Å². The van der Waals surface area contributed by atoms with E-state index >= 15 is 0 Å². The summed E-state index contributed by atoms with van der Waals surface area (Å²) >= 11 is 0. The van der Waals surface area contributed by atoms with Crippen molar-refractivity contribution >= 4 is 0 Å². The summed E-state index contributed by atoms with van der Waals surface area (Å²) < 4.78 is 0. The summed E-state index contributed by atoms with van der Waals surface area (Å²) in [7, 11) is 0. The zero-order valence-corrected chi connectivity index (χ0v) is 27.8. The van der Waals surface area contributed by atoms with Crippen molar-refractivity contribution in [2.75, 3.05) is 0 Å². The fraction of sp³-hybridized carbons (Fsp3) is 1.00. The van der Waals surface area contributed by atoms with Gasteiger partial charge < -0.3 is 5.32 Å². The number of nitrogens with one attached hydrogen (secondary N) is 1. The normalized spacial score (nSPS) is 56.7. The second-order valence-corrected chi connectivity index (χ2v) is 19.2. The molecular formula is C41H67N. The quantitative estimate of drug-likeness (QED) is 0.346. The topological polar surface area (TPSA) is 12.0 Å². The van der Waals surface area contributed by atoms with E-state index in [0.29, 0.717) is 5.41 Å². The van der Waals surface area contributed by atoms with Crippen LogP contribution < -0.4 is 5.32 Å². The molecule has 8 saturated carbocycles. The number of rotatable bonds is 2. The molecule has 14 atom stereocenters. The summed E-state index contributed by atoms with van der Waals surface area (Å²) in [4.78, 5) is 0. The Balaban J connectivity index is 0.932. The van der Waals surface area contributed by atoms with Crippen molar-refractivity contribution < 1.29 is 0 Å². The summed E-state index contributed by atoms with van der Waals surface area (Å²) in [5.41, 5.74) is 0.594. The molecule has 1 saturated heterocycles. The van der Waals surface area contributed by atoms with Gasteiger partial charge in [-0.25, -0.2) is 0 Å². The Hall–Kier alpha value is -0.0400. The van der Waals surface area contributed by atoms with Crippen LogP contribution in [0.3, 0.4) is 0 Å². The van der Waals surface area contributed by atoms with Gasteiger partial charge in [0.25, 0.3) is 0 Å². The molecule has 0 bridgehead atoms. The highest BCUT2D eigenvalue weighted by atomic mass is 15.0. The molecule has 13 unspecified atom stereocenters. The third-order valence-corrected chi connectivity index (χ3v) is 17.8. The molecule has 236 valence electrons. The van der Waals surface area contributed by atoms with Crippen LogP contribution in [0.4, 0.5) is 0 Å². The van der Waals surface area contributed by atoms with Crippen molar-refractivity contribution in [3.8, 4) is 0 Å². The third kappa shape index (κ3) is 4.36. The standard InChI is InChI=1S/C41H67N/c1-41(2)36-16-7-5-12-31(36)32-22-23-34-38(39(32)41)33-13-6-8-17-37(33)42-40(34)26-20-18-25(19-21-26)28-14-9-15-30-29-11-4-3-10-27(29)24-35(28)30/h25-40,42H,3-24H2,1-2H3/t25?,26?,27?,28?,29?,30?,31?,32?,33?,34?,35?,36-,37?,38?,39?,40?/m1/s1. The summed E-state index contributed by atoms with van der Waals surface area (Å²) in [6.45, 7) is 5.58. The van der Waals surface area contributed by atoms with Gasteiger partial charge in [0.2, 0.25) is 0 Å². The second kappa shape index (κ2) is 11.0. The summed E-state index contributed by atoms with van der Waals surface area (Å²) in [5, 5.41) is 4.56. The average molecular weight is 574 g/mol. The molecule has 0 radical (unpaired) electrons. The van der Waals surface area contributed by atoms with E-state index in [9.17, 15) is 0 Å². The van der Waals surface area contributed by atoms with Crippen LogP contribution in [0.1, 0.15) is 155 Å². The van der Waals surface area contributed by atoms with Gasteiger partial charge in [0, 0.05) is 12.1 Å². The van der Waals surface area contributed by atoms with Crippen molar-refractivity contribution in [3.05, 3.63) is 0 Å². The van der Waals surface area contributed by atoms with Crippen LogP contribution in [0.15, 0.2) is 0 Å². The van der Waals surface area contributed by atoms with E-state index < -0.39 is 0 Å².